The Kier molecular flexibility index (Phi) is 8.33. The van der Waals surface area contributed by atoms with E-state index in [-0.39, 0.29) is 26.4 Å². The minimum absolute atomic E-state index is 0.132. The summed E-state index contributed by atoms with van der Waals surface area (Å²) in [5.41, 5.74) is 0. The van der Waals surface area contributed by atoms with Gasteiger partial charge in [0.05, 0.1) is 12.5 Å². The number of hydrogen-bond acceptors (Lipinski definition) is 5. The predicted octanol–water partition coefficient (Wildman–Crippen LogP) is 1.46. The van der Waals surface area contributed by atoms with Gasteiger partial charge in [-0.1, -0.05) is 13.2 Å². The molecule has 0 radical (unpaired) electrons. The molecular formula is C9H14O5. The van der Waals surface area contributed by atoms with Crippen LogP contribution in [0.2, 0.25) is 0 Å². The van der Waals surface area contributed by atoms with E-state index >= 15 is 0 Å². The van der Waals surface area contributed by atoms with Crippen molar-refractivity contribution in [2.75, 3.05) is 26.4 Å². The summed E-state index contributed by atoms with van der Waals surface area (Å²) in [6.45, 7) is 7.45. The lowest BCUT2D eigenvalue weighted by molar-refractivity contribution is 0.0306. The van der Waals surface area contributed by atoms with Crippen LogP contribution in [-0.4, -0.2) is 32.6 Å². The molecule has 0 N–H and O–H groups in total. The van der Waals surface area contributed by atoms with E-state index in [2.05, 4.69) is 22.6 Å². The normalized spacial score (nSPS) is 8.57. The molecule has 0 aromatic rings. The van der Waals surface area contributed by atoms with Gasteiger partial charge >= 0.3 is 6.16 Å². The van der Waals surface area contributed by atoms with Crippen molar-refractivity contribution in [3.63, 3.8) is 0 Å². The van der Waals surface area contributed by atoms with E-state index in [4.69, 9.17) is 9.47 Å². The maximum atomic E-state index is 10.8. The van der Waals surface area contributed by atoms with Gasteiger partial charge in [-0.3, -0.25) is 0 Å². The molecule has 0 heterocycles. The highest BCUT2D eigenvalue weighted by atomic mass is 16.7. The standard InChI is InChI=1S/C9H14O5/c1-3-11-5-7-13-9(10)14-8-6-12-4-2/h3-4H,1-2,5-8H2. The van der Waals surface area contributed by atoms with Crippen molar-refractivity contribution in [2.45, 2.75) is 0 Å². The summed E-state index contributed by atoms with van der Waals surface area (Å²) in [5.74, 6) is 0. The fourth-order valence-electron chi connectivity index (χ4n) is 0.555. The second kappa shape index (κ2) is 9.44. The van der Waals surface area contributed by atoms with Crippen LogP contribution in [0.15, 0.2) is 25.7 Å². The van der Waals surface area contributed by atoms with Crippen LogP contribution in [-0.2, 0) is 18.9 Å². The van der Waals surface area contributed by atoms with Gasteiger partial charge in [-0.15, -0.1) is 0 Å². The lowest BCUT2D eigenvalue weighted by atomic mass is 10.7. The maximum Gasteiger partial charge on any atom is 0.508 e. The molecule has 0 aromatic heterocycles. The highest BCUT2D eigenvalue weighted by Gasteiger charge is 2.02. The number of carbonyl (C=O) groups is 1. The third-order valence-electron chi connectivity index (χ3n) is 1.08. The Labute approximate surface area is 82.9 Å². The van der Waals surface area contributed by atoms with Crippen molar-refractivity contribution in [3.05, 3.63) is 25.7 Å². The van der Waals surface area contributed by atoms with Gasteiger partial charge in [0.1, 0.15) is 26.4 Å². The molecule has 0 atom stereocenters. The summed E-state index contributed by atoms with van der Waals surface area (Å²) < 4.78 is 18.7. The van der Waals surface area contributed by atoms with Gasteiger partial charge in [0.2, 0.25) is 0 Å². The van der Waals surface area contributed by atoms with Gasteiger partial charge in [0.25, 0.3) is 0 Å². The van der Waals surface area contributed by atoms with E-state index in [1.807, 2.05) is 0 Å². The molecular weight excluding hydrogens is 188 g/mol. The zero-order valence-electron chi connectivity index (χ0n) is 7.94. The van der Waals surface area contributed by atoms with E-state index in [1.54, 1.807) is 0 Å². The largest absolute Gasteiger partial charge is 0.508 e. The van der Waals surface area contributed by atoms with Crippen molar-refractivity contribution in [1.29, 1.82) is 0 Å². The van der Waals surface area contributed by atoms with Crippen LogP contribution >= 0.6 is 0 Å². The second-order valence-corrected chi connectivity index (χ2v) is 2.02. The number of ether oxygens (including phenoxy) is 4. The van der Waals surface area contributed by atoms with Gasteiger partial charge in [-0.25, -0.2) is 4.79 Å². The topological polar surface area (TPSA) is 54.0 Å². The van der Waals surface area contributed by atoms with Crippen molar-refractivity contribution in [2.24, 2.45) is 0 Å². The zero-order valence-corrected chi connectivity index (χ0v) is 7.94. The molecule has 0 unspecified atom stereocenters. The molecule has 0 aliphatic heterocycles. The summed E-state index contributed by atoms with van der Waals surface area (Å²) in [6, 6.07) is 0. The second-order valence-electron chi connectivity index (χ2n) is 2.02. The first-order valence-electron chi connectivity index (χ1n) is 4.05. The summed E-state index contributed by atoms with van der Waals surface area (Å²) >= 11 is 0. The monoisotopic (exact) mass is 202 g/mol. The number of hydrogen-bond donors (Lipinski definition) is 0. The van der Waals surface area contributed by atoms with Gasteiger partial charge < -0.3 is 18.9 Å². The van der Waals surface area contributed by atoms with E-state index in [1.165, 1.54) is 12.5 Å². The molecule has 0 bridgehead atoms. The Morgan fingerprint density at radius 3 is 1.71 bits per heavy atom. The maximum absolute atomic E-state index is 10.8. The zero-order chi connectivity index (χ0) is 10.6. The Morgan fingerprint density at radius 2 is 1.36 bits per heavy atom. The fourth-order valence-corrected chi connectivity index (χ4v) is 0.555. The smallest absolute Gasteiger partial charge is 0.498 e. The molecule has 0 aromatic carbocycles. The molecule has 0 aliphatic carbocycles. The van der Waals surface area contributed by atoms with Crippen LogP contribution in [0, 0.1) is 0 Å². The molecule has 0 saturated heterocycles. The summed E-state index contributed by atoms with van der Waals surface area (Å²) in [5, 5.41) is 0. The average molecular weight is 202 g/mol. The van der Waals surface area contributed by atoms with E-state index in [9.17, 15) is 4.79 Å². The molecule has 0 amide bonds. The molecule has 0 fully saturated rings. The van der Waals surface area contributed by atoms with Crippen LogP contribution in [0.25, 0.3) is 0 Å². The Hall–Kier alpha value is -1.65. The van der Waals surface area contributed by atoms with Crippen molar-refractivity contribution in [3.8, 4) is 0 Å². The highest BCUT2D eigenvalue weighted by Crippen LogP contribution is 1.87. The highest BCUT2D eigenvalue weighted by molar-refractivity contribution is 5.59. The minimum Gasteiger partial charge on any atom is -0.498 e. The number of rotatable bonds is 8. The quantitative estimate of drug-likeness (QED) is 0.339. The molecule has 0 saturated carbocycles. The summed E-state index contributed by atoms with van der Waals surface area (Å²) in [6.07, 6.45) is 1.80. The Morgan fingerprint density at radius 1 is 0.929 bits per heavy atom. The Bertz CT molecular complexity index is 160. The van der Waals surface area contributed by atoms with Crippen LogP contribution < -0.4 is 0 Å². The van der Waals surface area contributed by atoms with Crippen molar-refractivity contribution in [1.82, 2.24) is 0 Å². The van der Waals surface area contributed by atoms with E-state index in [0.29, 0.717) is 0 Å². The molecule has 14 heavy (non-hydrogen) atoms. The third-order valence-corrected chi connectivity index (χ3v) is 1.08. The third kappa shape index (κ3) is 8.45. The van der Waals surface area contributed by atoms with Gasteiger partial charge in [-0.05, 0) is 0 Å². The van der Waals surface area contributed by atoms with E-state index < -0.39 is 6.16 Å². The first kappa shape index (κ1) is 12.3. The molecule has 0 spiro atoms. The molecule has 80 valence electrons. The molecule has 5 nitrogen and oxygen atoms in total. The average Bonchev–Trinajstić information content (AvgIpc) is 2.19. The van der Waals surface area contributed by atoms with Gasteiger partial charge in [-0.2, -0.15) is 0 Å². The lowest BCUT2D eigenvalue weighted by Gasteiger charge is -2.05. The minimum atomic E-state index is -0.745. The lowest BCUT2D eigenvalue weighted by Crippen LogP contribution is -2.13. The Balaban J connectivity index is 3.19. The van der Waals surface area contributed by atoms with Gasteiger partial charge in [0.15, 0.2) is 0 Å². The molecule has 0 rings (SSSR count). The molecule has 5 heteroatoms. The first-order chi connectivity index (χ1) is 6.81. The SMILES string of the molecule is C=COCCOC(=O)OCCOC=C. The summed E-state index contributed by atoms with van der Waals surface area (Å²) in [7, 11) is 0. The molecule has 0 aliphatic rings. The van der Waals surface area contributed by atoms with Crippen LogP contribution in [0.5, 0.6) is 0 Å². The summed E-state index contributed by atoms with van der Waals surface area (Å²) in [4.78, 5) is 10.8. The predicted molar refractivity (Wildman–Crippen MR) is 49.6 cm³/mol. The van der Waals surface area contributed by atoms with Crippen molar-refractivity contribution >= 4 is 6.16 Å². The fraction of sp³-hybridized carbons (Fsp3) is 0.444. The van der Waals surface area contributed by atoms with Crippen LogP contribution in [0.1, 0.15) is 0 Å². The van der Waals surface area contributed by atoms with Crippen LogP contribution in [0.4, 0.5) is 4.79 Å². The van der Waals surface area contributed by atoms with Crippen LogP contribution in [0.3, 0.4) is 0 Å². The number of carbonyl (C=O) groups excluding carboxylic acids is 1. The van der Waals surface area contributed by atoms with Crippen molar-refractivity contribution < 1.29 is 23.7 Å². The first-order valence-corrected chi connectivity index (χ1v) is 4.05. The van der Waals surface area contributed by atoms with Gasteiger partial charge in [0, 0.05) is 0 Å². The van der Waals surface area contributed by atoms with E-state index in [0.717, 1.165) is 0 Å².